The minimum Gasteiger partial charge on any atom is -0.354 e. The van der Waals surface area contributed by atoms with Crippen LogP contribution in [0.25, 0.3) is 5.69 Å². The molecule has 0 saturated heterocycles. The van der Waals surface area contributed by atoms with Crippen molar-refractivity contribution < 1.29 is 4.79 Å². The monoisotopic (exact) mass is 278 g/mol. The molecule has 0 radical (unpaired) electrons. The molecule has 1 aromatic carbocycles. The Bertz CT molecular complexity index is 594. The highest BCUT2D eigenvalue weighted by Gasteiger charge is 2.10. The van der Waals surface area contributed by atoms with Gasteiger partial charge in [-0.1, -0.05) is 17.7 Å². The minimum absolute atomic E-state index is 0.227. The molecule has 0 saturated carbocycles. The number of halogens is 1. The number of benzene rings is 1. The first-order chi connectivity index (χ1) is 9.15. The first-order valence-corrected chi connectivity index (χ1v) is 6.30. The van der Waals surface area contributed by atoms with Crippen LogP contribution in [-0.2, 0) is 6.42 Å². The zero-order chi connectivity index (χ0) is 13.8. The lowest BCUT2D eigenvalue weighted by molar-refractivity contribution is 0.0957. The lowest BCUT2D eigenvalue weighted by Gasteiger charge is -2.06. The number of nitrogens with two attached hydrogens (primary N) is 1. The van der Waals surface area contributed by atoms with E-state index in [1.54, 1.807) is 24.0 Å². The summed E-state index contributed by atoms with van der Waals surface area (Å²) < 4.78 is 1.58. The van der Waals surface area contributed by atoms with Crippen molar-refractivity contribution in [2.75, 3.05) is 13.6 Å². The van der Waals surface area contributed by atoms with E-state index < -0.39 is 0 Å². The molecule has 1 heterocycles. The van der Waals surface area contributed by atoms with Gasteiger partial charge in [-0.25, -0.2) is 4.68 Å². The topological polar surface area (TPSA) is 72.9 Å². The van der Waals surface area contributed by atoms with Gasteiger partial charge in [0, 0.05) is 13.2 Å². The fourth-order valence-electron chi connectivity index (χ4n) is 1.77. The van der Waals surface area contributed by atoms with Gasteiger partial charge in [0.2, 0.25) is 0 Å². The molecule has 0 bridgehead atoms. The van der Waals surface area contributed by atoms with Crippen molar-refractivity contribution in [3.63, 3.8) is 0 Å². The van der Waals surface area contributed by atoms with E-state index in [9.17, 15) is 4.79 Å². The van der Waals surface area contributed by atoms with Gasteiger partial charge in [0.1, 0.15) is 0 Å². The van der Waals surface area contributed by atoms with Crippen molar-refractivity contribution in [1.29, 1.82) is 0 Å². The van der Waals surface area contributed by atoms with Crippen molar-refractivity contribution in [3.8, 4) is 5.69 Å². The van der Waals surface area contributed by atoms with Crippen LogP contribution >= 0.6 is 11.6 Å². The summed E-state index contributed by atoms with van der Waals surface area (Å²) >= 11 is 6.22. The number of hydrogen-bond donors (Lipinski definition) is 2. The third-order valence-corrected chi connectivity index (χ3v) is 3.04. The number of carbonyl (C=O) groups is 1. The van der Waals surface area contributed by atoms with E-state index in [0.29, 0.717) is 17.3 Å². The molecule has 1 aromatic heterocycles. The van der Waals surface area contributed by atoms with Crippen LogP contribution < -0.4 is 11.1 Å². The van der Waals surface area contributed by atoms with Crippen molar-refractivity contribution in [3.05, 3.63) is 46.7 Å². The third-order valence-electron chi connectivity index (χ3n) is 2.74. The summed E-state index contributed by atoms with van der Waals surface area (Å²) in [5.41, 5.74) is 7.67. The van der Waals surface area contributed by atoms with Crippen LogP contribution in [-0.4, -0.2) is 29.3 Å². The van der Waals surface area contributed by atoms with Gasteiger partial charge in [-0.15, -0.1) is 0 Å². The first-order valence-electron chi connectivity index (χ1n) is 5.92. The molecule has 0 aliphatic carbocycles. The fourth-order valence-corrected chi connectivity index (χ4v) is 2.06. The molecule has 3 N–H and O–H groups in total. The Kier molecular flexibility index (Phi) is 4.19. The van der Waals surface area contributed by atoms with Gasteiger partial charge in [0.25, 0.3) is 5.91 Å². The zero-order valence-electron chi connectivity index (χ0n) is 10.6. The molecule has 0 unspecified atom stereocenters. The maximum Gasteiger partial charge on any atom is 0.271 e. The number of carbonyl (C=O) groups excluding carboxylic acids is 1. The number of nitrogens with one attached hydrogen (secondary N) is 1. The lowest BCUT2D eigenvalue weighted by Crippen LogP contribution is -2.18. The summed E-state index contributed by atoms with van der Waals surface area (Å²) in [5.74, 6) is -0.227. The standard InChI is InChI=1S/C13H15ClN4O/c1-16-13(19)11-5-7-18(17-11)12-3-2-9(4-6-15)8-10(12)14/h2-3,5,7-8H,4,6,15H2,1H3,(H,16,19). The zero-order valence-corrected chi connectivity index (χ0v) is 11.3. The molecular weight excluding hydrogens is 264 g/mol. The first kappa shape index (κ1) is 13.6. The Balaban J connectivity index is 2.31. The molecule has 0 fully saturated rings. The van der Waals surface area contributed by atoms with Crippen LogP contribution in [0.5, 0.6) is 0 Å². The summed E-state index contributed by atoms with van der Waals surface area (Å²) in [7, 11) is 1.57. The maximum atomic E-state index is 11.4. The molecule has 6 heteroatoms. The number of aromatic nitrogens is 2. The molecule has 0 atom stereocenters. The Morgan fingerprint density at radius 2 is 2.26 bits per heavy atom. The highest BCUT2D eigenvalue weighted by atomic mass is 35.5. The van der Waals surface area contributed by atoms with Crippen molar-refractivity contribution in [2.45, 2.75) is 6.42 Å². The van der Waals surface area contributed by atoms with Crippen LogP contribution in [0, 0.1) is 0 Å². The van der Waals surface area contributed by atoms with Gasteiger partial charge in [0.05, 0.1) is 10.7 Å². The van der Waals surface area contributed by atoms with Gasteiger partial charge in [-0.05, 0) is 36.7 Å². The fraction of sp³-hybridized carbons (Fsp3) is 0.231. The average Bonchev–Trinajstić information content (AvgIpc) is 2.88. The Hall–Kier alpha value is -1.85. The van der Waals surface area contributed by atoms with Gasteiger partial charge < -0.3 is 11.1 Å². The Morgan fingerprint density at radius 1 is 1.47 bits per heavy atom. The molecule has 1 amide bonds. The van der Waals surface area contributed by atoms with E-state index in [-0.39, 0.29) is 5.91 Å². The highest BCUT2D eigenvalue weighted by molar-refractivity contribution is 6.32. The SMILES string of the molecule is CNC(=O)c1ccn(-c2ccc(CCN)cc2Cl)n1. The van der Waals surface area contributed by atoms with Crippen LogP contribution in [0.15, 0.2) is 30.5 Å². The quantitative estimate of drug-likeness (QED) is 0.888. The van der Waals surface area contributed by atoms with Crippen LogP contribution in [0.2, 0.25) is 5.02 Å². The second kappa shape index (κ2) is 5.86. The molecule has 0 spiro atoms. The van der Waals surface area contributed by atoms with E-state index in [2.05, 4.69) is 10.4 Å². The van der Waals surface area contributed by atoms with Crippen molar-refractivity contribution in [2.24, 2.45) is 5.73 Å². The van der Waals surface area contributed by atoms with Crippen LogP contribution in [0.3, 0.4) is 0 Å². The number of hydrogen-bond acceptors (Lipinski definition) is 3. The lowest BCUT2D eigenvalue weighted by atomic mass is 10.1. The van der Waals surface area contributed by atoms with Gasteiger partial charge in [-0.2, -0.15) is 5.10 Å². The van der Waals surface area contributed by atoms with Crippen molar-refractivity contribution in [1.82, 2.24) is 15.1 Å². The summed E-state index contributed by atoms with van der Waals surface area (Å²) in [5, 5.41) is 7.29. The van der Waals surface area contributed by atoms with E-state index >= 15 is 0 Å². The van der Waals surface area contributed by atoms with Gasteiger partial charge in [0.15, 0.2) is 5.69 Å². The minimum atomic E-state index is -0.227. The Morgan fingerprint density at radius 3 is 2.89 bits per heavy atom. The second-order valence-electron chi connectivity index (χ2n) is 4.05. The molecule has 0 aliphatic heterocycles. The molecule has 2 rings (SSSR count). The smallest absolute Gasteiger partial charge is 0.271 e. The van der Waals surface area contributed by atoms with E-state index in [0.717, 1.165) is 17.7 Å². The number of amides is 1. The van der Waals surface area contributed by atoms with Gasteiger partial charge in [-0.3, -0.25) is 4.79 Å². The molecule has 19 heavy (non-hydrogen) atoms. The average molecular weight is 279 g/mol. The van der Waals surface area contributed by atoms with E-state index in [1.807, 2.05) is 18.2 Å². The van der Waals surface area contributed by atoms with Crippen LogP contribution in [0.4, 0.5) is 0 Å². The molecule has 0 aliphatic rings. The van der Waals surface area contributed by atoms with Crippen molar-refractivity contribution >= 4 is 17.5 Å². The third kappa shape index (κ3) is 2.94. The summed E-state index contributed by atoms with van der Waals surface area (Å²) in [6.07, 6.45) is 2.48. The number of rotatable bonds is 4. The highest BCUT2D eigenvalue weighted by Crippen LogP contribution is 2.21. The normalized spacial score (nSPS) is 10.5. The number of nitrogens with zero attached hydrogens (tertiary/aromatic N) is 2. The second-order valence-corrected chi connectivity index (χ2v) is 4.46. The molecule has 5 nitrogen and oxygen atoms in total. The molecule has 2 aromatic rings. The predicted molar refractivity (Wildman–Crippen MR) is 74.7 cm³/mol. The predicted octanol–water partition coefficient (Wildman–Crippen LogP) is 1.39. The van der Waals surface area contributed by atoms with E-state index in [4.69, 9.17) is 17.3 Å². The summed E-state index contributed by atoms with van der Waals surface area (Å²) in [6.45, 7) is 0.582. The van der Waals surface area contributed by atoms with Gasteiger partial charge >= 0.3 is 0 Å². The van der Waals surface area contributed by atoms with Crippen LogP contribution in [0.1, 0.15) is 16.1 Å². The maximum absolute atomic E-state index is 11.4. The summed E-state index contributed by atoms with van der Waals surface area (Å²) in [6, 6.07) is 7.33. The largest absolute Gasteiger partial charge is 0.354 e. The molecular formula is C13H15ClN4O. The van der Waals surface area contributed by atoms with E-state index in [1.165, 1.54) is 0 Å². The molecule has 100 valence electrons. The Labute approximate surface area is 116 Å². The summed E-state index contributed by atoms with van der Waals surface area (Å²) in [4.78, 5) is 11.4.